The normalized spacial score (nSPS) is 14.9. The van der Waals surface area contributed by atoms with Crippen LogP contribution in [0.3, 0.4) is 0 Å². The van der Waals surface area contributed by atoms with Crippen LogP contribution >= 0.6 is 12.4 Å². The Labute approximate surface area is 154 Å². The van der Waals surface area contributed by atoms with Crippen molar-refractivity contribution < 1.29 is 22.7 Å². The van der Waals surface area contributed by atoms with Crippen molar-refractivity contribution in [2.24, 2.45) is 5.73 Å². The summed E-state index contributed by atoms with van der Waals surface area (Å²) in [6, 6.07) is 11.4. The van der Waals surface area contributed by atoms with E-state index in [1.807, 2.05) is 0 Å². The number of rotatable bonds is 5. The first-order chi connectivity index (χ1) is 11.8. The number of hydrogen-bond donors (Lipinski definition) is 2. The second-order valence-corrected chi connectivity index (χ2v) is 6.11. The van der Waals surface area contributed by atoms with Crippen molar-refractivity contribution in [2.75, 3.05) is 0 Å². The molecule has 0 unspecified atom stereocenters. The molecule has 0 atom stereocenters. The molecule has 4 nitrogen and oxygen atoms in total. The third kappa shape index (κ3) is 4.89. The second-order valence-electron chi connectivity index (χ2n) is 6.11. The topological polar surface area (TPSA) is 64.4 Å². The zero-order chi connectivity index (χ0) is 18.1. The fourth-order valence-electron chi connectivity index (χ4n) is 2.24. The van der Waals surface area contributed by atoms with Crippen LogP contribution in [0.5, 0.6) is 11.5 Å². The van der Waals surface area contributed by atoms with Crippen LogP contribution in [-0.4, -0.2) is 11.4 Å². The van der Waals surface area contributed by atoms with E-state index in [-0.39, 0.29) is 18.3 Å². The third-order valence-corrected chi connectivity index (χ3v) is 4.03. The van der Waals surface area contributed by atoms with Gasteiger partial charge in [-0.15, -0.1) is 12.4 Å². The minimum absolute atomic E-state index is 0. The van der Waals surface area contributed by atoms with Crippen LogP contribution in [0.4, 0.5) is 13.2 Å². The summed E-state index contributed by atoms with van der Waals surface area (Å²) in [7, 11) is 0. The summed E-state index contributed by atoms with van der Waals surface area (Å²) >= 11 is 0. The van der Waals surface area contributed by atoms with Gasteiger partial charge < -0.3 is 15.8 Å². The average Bonchev–Trinajstić information content (AvgIpc) is 3.33. The van der Waals surface area contributed by atoms with Crippen LogP contribution in [0.2, 0.25) is 0 Å². The molecule has 3 N–H and O–H groups in total. The van der Waals surface area contributed by atoms with Crippen molar-refractivity contribution in [3.05, 3.63) is 59.7 Å². The van der Waals surface area contributed by atoms with E-state index in [1.54, 1.807) is 24.3 Å². The van der Waals surface area contributed by atoms with Crippen LogP contribution in [0.25, 0.3) is 0 Å². The lowest BCUT2D eigenvalue weighted by molar-refractivity contribution is -0.137. The molecule has 0 bridgehead atoms. The quantitative estimate of drug-likeness (QED) is 0.815. The zero-order valence-electron chi connectivity index (χ0n) is 13.7. The molecule has 3 rings (SSSR count). The van der Waals surface area contributed by atoms with Gasteiger partial charge in [-0.05, 0) is 54.8 Å². The Morgan fingerprint density at radius 1 is 1.04 bits per heavy atom. The first kappa shape index (κ1) is 20.1. The molecule has 140 valence electrons. The monoisotopic (exact) mass is 386 g/mol. The lowest BCUT2D eigenvalue weighted by atomic mass is 10.2. The minimum atomic E-state index is -4.37. The van der Waals surface area contributed by atoms with Gasteiger partial charge in [-0.25, -0.2) is 0 Å². The summed E-state index contributed by atoms with van der Waals surface area (Å²) in [6.07, 6.45) is -2.95. The van der Waals surface area contributed by atoms with Crippen molar-refractivity contribution in [2.45, 2.75) is 31.1 Å². The predicted octanol–water partition coefficient (Wildman–Crippen LogP) is 4.03. The maximum atomic E-state index is 12.5. The fraction of sp³-hybridized carbons (Fsp3) is 0.278. The van der Waals surface area contributed by atoms with Gasteiger partial charge in [0.25, 0.3) is 0 Å². The number of nitrogens with two attached hydrogens (primary N) is 1. The van der Waals surface area contributed by atoms with E-state index < -0.39 is 17.3 Å². The molecule has 1 aliphatic carbocycles. The minimum Gasteiger partial charge on any atom is -0.457 e. The van der Waals surface area contributed by atoms with Gasteiger partial charge in [0.2, 0.25) is 5.91 Å². The third-order valence-electron chi connectivity index (χ3n) is 4.03. The molecule has 2 aromatic carbocycles. The highest BCUT2D eigenvalue weighted by Gasteiger charge is 2.45. The van der Waals surface area contributed by atoms with Crippen molar-refractivity contribution in [3.63, 3.8) is 0 Å². The molecular weight excluding hydrogens is 369 g/mol. The van der Waals surface area contributed by atoms with Crippen molar-refractivity contribution in [1.82, 2.24) is 5.32 Å². The fourth-order valence-corrected chi connectivity index (χ4v) is 2.24. The highest BCUT2D eigenvalue weighted by molar-refractivity contribution is 5.88. The lowest BCUT2D eigenvalue weighted by Crippen LogP contribution is -2.42. The Morgan fingerprint density at radius 3 is 2.00 bits per heavy atom. The molecule has 0 heterocycles. The molecular formula is C18H18ClF3N2O2. The molecule has 0 aromatic heterocycles. The Hall–Kier alpha value is -2.25. The smallest absolute Gasteiger partial charge is 0.416 e. The van der Waals surface area contributed by atoms with Crippen molar-refractivity contribution in [1.29, 1.82) is 0 Å². The van der Waals surface area contributed by atoms with E-state index in [0.717, 1.165) is 17.7 Å². The molecule has 1 amide bonds. The summed E-state index contributed by atoms with van der Waals surface area (Å²) in [5.41, 5.74) is 5.25. The van der Waals surface area contributed by atoms with Gasteiger partial charge >= 0.3 is 6.18 Å². The van der Waals surface area contributed by atoms with E-state index >= 15 is 0 Å². The lowest BCUT2D eigenvalue weighted by Gasteiger charge is -2.11. The summed E-state index contributed by atoms with van der Waals surface area (Å²) in [5.74, 6) is 0.651. The number of hydrogen-bond acceptors (Lipinski definition) is 3. The Kier molecular flexibility index (Phi) is 5.83. The van der Waals surface area contributed by atoms with E-state index in [4.69, 9.17) is 10.5 Å². The number of amides is 1. The zero-order valence-corrected chi connectivity index (χ0v) is 14.5. The van der Waals surface area contributed by atoms with Crippen LogP contribution in [0, 0.1) is 0 Å². The van der Waals surface area contributed by atoms with Gasteiger partial charge in [-0.2, -0.15) is 13.2 Å². The van der Waals surface area contributed by atoms with Gasteiger partial charge in [-0.1, -0.05) is 12.1 Å². The number of ether oxygens (including phenoxy) is 1. The molecule has 0 spiro atoms. The molecule has 0 radical (unpaired) electrons. The molecule has 1 fully saturated rings. The number of nitrogens with one attached hydrogen (secondary N) is 1. The summed E-state index contributed by atoms with van der Waals surface area (Å²) in [6.45, 7) is 0.359. The number of alkyl halides is 3. The molecule has 0 aliphatic heterocycles. The molecule has 0 saturated heterocycles. The molecule has 2 aromatic rings. The van der Waals surface area contributed by atoms with Gasteiger partial charge in [0.1, 0.15) is 11.5 Å². The Balaban J connectivity index is 0.00000243. The number of carbonyl (C=O) groups excluding carboxylic acids is 1. The van der Waals surface area contributed by atoms with Gasteiger partial charge in [-0.3, -0.25) is 4.79 Å². The van der Waals surface area contributed by atoms with Crippen molar-refractivity contribution in [3.8, 4) is 11.5 Å². The highest BCUT2D eigenvalue weighted by Crippen LogP contribution is 2.32. The van der Waals surface area contributed by atoms with Crippen molar-refractivity contribution >= 4 is 18.3 Å². The van der Waals surface area contributed by atoms with Gasteiger partial charge in [0.05, 0.1) is 11.1 Å². The second kappa shape index (κ2) is 7.55. The molecule has 26 heavy (non-hydrogen) atoms. The summed E-state index contributed by atoms with van der Waals surface area (Å²) in [4.78, 5) is 11.8. The summed E-state index contributed by atoms with van der Waals surface area (Å²) < 4.78 is 43.1. The van der Waals surface area contributed by atoms with E-state index in [0.29, 0.717) is 30.9 Å². The van der Waals surface area contributed by atoms with E-state index in [2.05, 4.69) is 5.32 Å². The summed E-state index contributed by atoms with van der Waals surface area (Å²) in [5, 5.41) is 2.78. The Morgan fingerprint density at radius 2 is 1.54 bits per heavy atom. The van der Waals surface area contributed by atoms with Gasteiger partial charge in [0.15, 0.2) is 0 Å². The van der Waals surface area contributed by atoms with E-state index in [1.165, 1.54) is 12.1 Å². The Bertz CT molecular complexity index is 758. The molecule has 1 saturated carbocycles. The SMILES string of the molecule is Cl.NC1(C(=O)NCc2ccc(Oc3ccc(C(F)(F)F)cc3)cc2)CC1. The maximum absolute atomic E-state index is 12.5. The largest absolute Gasteiger partial charge is 0.457 e. The van der Waals surface area contributed by atoms with E-state index in [9.17, 15) is 18.0 Å². The van der Waals surface area contributed by atoms with Crippen LogP contribution < -0.4 is 15.8 Å². The van der Waals surface area contributed by atoms with Gasteiger partial charge in [0, 0.05) is 6.54 Å². The first-order valence-corrected chi connectivity index (χ1v) is 7.77. The maximum Gasteiger partial charge on any atom is 0.416 e. The molecule has 1 aliphatic rings. The average molecular weight is 387 g/mol. The highest BCUT2D eigenvalue weighted by atomic mass is 35.5. The number of halogens is 4. The standard InChI is InChI=1S/C18H17F3N2O2.ClH/c19-18(20,21)13-3-7-15(8-4-13)25-14-5-1-12(2-6-14)11-23-16(24)17(22)9-10-17;/h1-8H,9-11,22H2,(H,23,24);1H. The van der Waals surface area contributed by atoms with Crippen LogP contribution in [-0.2, 0) is 17.5 Å². The molecule has 8 heteroatoms. The first-order valence-electron chi connectivity index (χ1n) is 7.77. The van der Waals surface area contributed by atoms with Crippen LogP contribution in [0.15, 0.2) is 48.5 Å². The number of benzene rings is 2. The number of carbonyl (C=O) groups is 1. The van der Waals surface area contributed by atoms with Crippen LogP contribution in [0.1, 0.15) is 24.0 Å². The predicted molar refractivity (Wildman–Crippen MR) is 93.2 cm³/mol.